The molecule has 0 aliphatic carbocycles. The van der Waals surface area contributed by atoms with Crippen LogP contribution < -0.4 is 0 Å². The van der Waals surface area contributed by atoms with Crippen LogP contribution in [0, 0.1) is 17.2 Å². The van der Waals surface area contributed by atoms with E-state index < -0.39 is 23.6 Å². The molecule has 1 aromatic rings. The number of alkyl halides is 3. The van der Waals surface area contributed by atoms with Crippen molar-refractivity contribution in [2.24, 2.45) is 5.92 Å². The van der Waals surface area contributed by atoms with Crippen LogP contribution in [0.3, 0.4) is 0 Å². The van der Waals surface area contributed by atoms with Crippen molar-refractivity contribution in [2.45, 2.75) is 33.4 Å². The van der Waals surface area contributed by atoms with Crippen LogP contribution in [0.4, 0.5) is 13.2 Å². The first-order valence-corrected chi connectivity index (χ1v) is 6.92. The highest BCUT2D eigenvalue weighted by Gasteiger charge is 2.32. The highest BCUT2D eigenvalue weighted by Crippen LogP contribution is 2.31. The van der Waals surface area contributed by atoms with Gasteiger partial charge in [0.15, 0.2) is 0 Å². The zero-order chi connectivity index (χ0) is 18.0. The van der Waals surface area contributed by atoms with Gasteiger partial charge in [0, 0.05) is 0 Å². The summed E-state index contributed by atoms with van der Waals surface area (Å²) in [5, 5.41) is 8.33. The lowest BCUT2D eigenvalue weighted by Gasteiger charge is -2.08. The molecule has 0 N–H and O–H groups in total. The molecule has 0 bridgehead atoms. The highest BCUT2D eigenvalue weighted by molar-refractivity contribution is 5.97. The third-order valence-electron chi connectivity index (χ3n) is 2.82. The number of carbonyl (C=O) groups is 2. The highest BCUT2D eigenvalue weighted by atomic mass is 19.4. The van der Waals surface area contributed by atoms with Gasteiger partial charge in [-0.05, 0) is 32.4 Å². The molecule has 0 spiro atoms. The van der Waals surface area contributed by atoms with E-state index in [-0.39, 0.29) is 11.3 Å². The number of ketones is 1. The molecule has 23 heavy (non-hydrogen) atoms. The first-order chi connectivity index (χ1) is 10.7. The van der Waals surface area contributed by atoms with Gasteiger partial charge in [-0.2, -0.15) is 18.4 Å². The summed E-state index contributed by atoms with van der Waals surface area (Å²) in [5.41, 5.74) is -1.22. The molecule has 1 unspecified atom stereocenters. The van der Waals surface area contributed by atoms with E-state index in [1.165, 1.54) is 25.1 Å². The topological polar surface area (TPSA) is 67.2 Å². The zero-order valence-electron chi connectivity index (χ0n) is 13.1. The number of benzene rings is 1. The van der Waals surface area contributed by atoms with E-state index >= 15 is 0 Å². The number of hydrogen-bond acceptors (Lipinski definition) is 4. The Bertz CT molecular complexity index is 577. The third-order valence-corrected chi connectivity index (χ3v) is 2.82. The van der Waals surface area contributed by atoms with Gasteiger partial charge >= 0.3 is 12.1 Å². The molecule has 126 valence electrons. The predicted octanol–water partition coefficient (Wildman–Crippen LogP) is 3.74. The lowest BCUT2D eigenvalue weighted by Crippen LogP contribution is -2.23. The maximum absolute atomic E-state index is 12.1. The minimum atomic E-state index is -4.44. The third kappa shape index (κ3) is 6.96. The van der Waals surface area contributed by atoms with E-state index in [2.05, 4.69) is 0 Å². The van der Waals surface area contributed by atoms with Crippen LogP contribution in [0.5, 0.6) is 0 Å². The molecule has 0 fully saturated rings. The Morgan fingerprint density at radius 2 is 1.83 bits per heavy atom. The van der Waals surface area contributed by atoms with Gasteiger partial charge in [0.25, 0.3) is 0 Å². The number of rotatable bonds is 4. The van der Waals surface area contributed by atoms with Crippen molar-refractivity contribution >= 4 is 11.8 Å². The Morgan fingerprint density at radius 1 is 1.26 bits per heavy atom. The predicted molar refractivity (Wildman–Crippen MR) is 77.3 cm³/mol. The van der Waals surface area contributed by atoms with Gasteiger partial charge in [0.1, 0.15) is 11.7 Å². The van der Waals surface area contributed by atoms with Crippen molar-refractivity contribution in [3.8, 4) is 6.07 Å². The summed E-state index contributed by atoms with van der Waals surface area (Å²) < 4.78 is 40.9. The van der Waals surface area contributed by atoms with E-state index in [1.54, 1.807) is 13.8 Å². The van der Waals surface area contributed by atoms with E-state index in [1.807, 2.05) is 0 Å². The first-order valence-electron chi connectivity index (χ1n) is 6.92. The van der Waals surface area contributed by atoms with Crippen molar-refractivity contribution in [3.05, 3.63) is 35.4 Å². The Kier molecular flexibility index (Phi) is 8.63. The molecule has 0 saturated heterocycles. The van der Waals surface area contributed by atoms with Crippen molar-refractivity contribution in [3.63, 3.8) is 0 Å². The molecule has 0 aliphatic rings. The summed E-state index contributed by atoms with van der Waals surface area (Å²) in [6.45, 7) is 5.27. The number of nitriles is 1. The number of ether oxygens (including phenoxy) is 1. The standard InChI is InChI=1S/C8H4F3N.C8H14O3/c9-8(10,11)7-4-2-1-3-6(7)5-12;1-4-7(6(3)9)8(10)11-5-2/h1-4H;7H,4-5H2,1-3H3. The van der Waals surface area contributed by atoms with E-state index in [4.69, 9.17) is 10.00 Å². The fraction of sp³-hybridized carbons (Fsp3) is 0.438. The monoisotopic (exact) mass is 329 g/mol. The Labute approximate surface area is 132 Å². The van der Waals surface area contributed by atoms with Crippen molar-refractivity contribution < 1.29 is 27.5 Å². The van der Waals surface area contributed by atoms with Gasteiger partial charge in [-0.15, -0.1) is 0 Å². The average Bonchev–Trinajstić information content (AvgIpc) is 2.47. The summed E-state index contributed by atoms with van der Waals surface area (Å²) in [6, 6.07) is 6.16. The minimum absolute atomic E-state index is 0.119. The maximum Gasteiger partial charge on any atom is 0.417 e. The average molecular weight is 329 g/mol. The molecule has 0 aliphatic heterocycles. The fourth-order valence-electron chi connectivity index (χ4n) is 1.69. The van der Waals surface area contributed by atoms with E-state index in [0.717, 1.165) is 12.1 Å². The molecule has 7 heteroatoms. The second kappa shape index (κ2) is 9.62. The zero-order valence-corrected chi connectivity index (χ0v) is 13.1. The van der Waals surface area contributed by atoms with E-state index in [9.17, 15) is 22.8 Å². The molecule has 1 rings (SSSR count). The summed E-state index contributed by atoms with van der Waals surface area (Å²) in [5.74, 6) is -1.08. The number of Topliss-reactive ketones (excluding diaryl/α,β-unsaturated/α-hetero) is 1. The van der Waals surface area contributed by atoms with Gasteiger partial charge in [-0.3, -0.25) is 9.59 Å². The molecular weight excluding hydrogens is 311 g/mol. The summed E-state index contributed by atoms with van der Waals surface area (Å²) in [7, 11) is 0. The summed E-state index contributed by atoms with van der Waals surface area (Å²) in [6.07, 6.45) is -3.92. The second-order valence-electron chi connectivity index (χ2n) is 4.48. The Balaban J connectivity index is 0.000000423. The molecule has 1 atom stereocenters. The molecule has 0 heterocycles. The SMILES string of the molecule is CCOC(=O)C(CC)C(C)=O.N#Cc1ccccc1C(F)(F)F. The Morgan fingerprint density at radius 3 is 2.17 bits per heavy atom. The molecule has 0 amide bonds. The van der Waals surface area contributed by atoms with Gasteiger partial charge in [-0.25, -0.2) is 0 Å². The smallest absolute Gasteiger partial charge is 0.417 e. The van der Waals surface area contributed by atoms with Crippen molar-refractivity contribution in [1.82, 2.24) is 0 Å². The molecular formula is C16H18F3NO3. The normalized spacial score (nSPS) is 11.5. The van der Waals surface area contributed by atoms with Crippen LogP contribution in [0.15, 0.2) is 24.3 Å². The van der Waals surface area contributed by atoms with Crippen LogP contribution >= 0.6 is 0 Å². The van der Waals surface area contributed by atoms with Gasteiger partial charge in [0.05, 0.1) is 23.8 Å². The van der Waals surface area contributed by atoms with Crippen molar-refractivity contribution in [1.29, 1.82) is 5.26 Å². The number of carbonyl (C=O) groups excluding carboxylic acids is 2. The maximum atomic E-state index is 12.1. The molecule has 1 aromatic carbocycles. The van der Waals surface area contributed by atoms with Gasteiger partial charge in [0.2, 0.25) is 0 Å². The van der Waals surface area contributed by atoms with Crippen LogP contribution in [0.2, 0.25) is 0 Å². The largest absolute Gasteiger partial charge is 0.465 e. The van der Waals surface area contributed by atoms with Crippen LogP contribution in [-0.2, 0) is 20.5 Å². The van der Waals surface area contributed by atoms with Crippen molar-refractivity contribution in [2.75, 3.05) is 6.61 Å². The first kappa shape index (κ1) is 20.6. The minimum Gasteiger partial charge on any atom is -0.465 e. The molecule has 0 aromatic heterocycles. The second-order valence-corrected chi connectivity index (χ2v) is 4.48. The molecule has 0 saturated carbocycles. The number of esters is 1. The quantitative estimate of drug-likeness (QED) is 0.623. The fourth-order valence-corrected chi connectivity index (χ4v) is 1.69. The number of hydrogen-bond donors (Lipinski definition) is 0. The number of halogens is 3. The molecule has 0 radical (unpaired) electrons. The number of nitrogens with zero attached hydrogens (tertiary/aromatic N) is 1. The van der Waals surface area contributed by atoms with Crippen LogP contribution in [-0.4, -0.2) is 18.4 Å². The summed E-state index contributed by atoms with van der Waals surface area (Å²) in [4.78, 5) is 21.8. The van der Waals surface area contributed by atoms with Crippen LogP contribution in [0.25, 0.3) is 0 Å². The van der Waals surface area contributed by atoms with Gasteiger partial charge < -0.3 is 4.74 Å². The van der Waals surface area contributed by atoms with E-state index in [0.29, 0.717) is 13.0 Å². The molecule has 4 nitrogen and oxygen atoms in total. The van der Waals surface area contributed by atoms with Crippen LogP contribution in [0.1, 0.15) is 38.3 Å². The lowest BCUT2D eigenvalue weighted by molar-refractivity contribution is -0.151. The lowest BCUT2D eigenvalue weighted by atomic mass is 10.0. The van der Waals surface area contributed by atoms with Gasteiger partial charge in [-0.1, -0.05) is 19.1 Å². The Hall–Kier alpha value is -2.36. The summed E-state index contributed by atoms with van der Waals surface area (Å²) >= 11 is 0.